The predicted molar refractivity (Wildman–Crippen MR) is 78.5 cm³/mol. The van der Waals surface area contributed by atoms with Gasteiger partial charge in [-0.3, -0.25) is 4.79 Å². The highest BCUT2D eigenvalue weighted by atomic mass is 16.3. The van der Waals surface area contributed by atoms with Gasteiger partial charge in [0.1, 0.15) is 22.8 Å². The van der Waals surface area contributed by atoms with E-state index < -0.39 is 0 Å². The average molecular weight is 280 g/mol. The second kappa shape index (κ2) is 7.17. The summed E-state index contributed by atoms with van der Waals surface area (Å²) in [6, 6.07) is 1.14. The Morgan fingerprint density at radius 2 is 1.80 bits per heavy atom. The highest BCUT2D eigenvalue weighted by Crippen LogP contribution is 2.39. The number of rotatable bonds is 7. The van der Waals surface area contributed by atoms with E-state index in [0.717, 1.165) is 25.3 Å². The Hall–Kier alpha value is -1.71. The molecule has 4 nitrogen and oxygen atoms in total. The van der Waals surface area contributed by atoms with Crippen LogP contribution in [0.3, 0.4) is 0 Å². The van der Waals surface area contributed by atoms with Gasteiger partial charge in [0.05, 0.1) is 0 Å². The van der Waals surface area contributed by atoms with Crippen LogP contribution in [0.5, 0.6) is 17.2 Å². The molecule has 0 heterocycles. The zero-order valence-corrected chi connectivity index (χ0v) is 12.4. The zero-order chi connectivity index (χ0) is 15.3. The molecule has 0 saturated carbocycles. The molecule has 3 N–H and O–H groups in total. The Labute approximate surface area is 120 Å². The molecule has 112 valence electrons. The summed E-state index contributed by atoms with van der Waals surface area (Å²) in [6.07, 6.45) is 3.41. The first-order valence-corrected chi connectivity index (χ1v) is 7.18. The maximum atomic E-state index is 12.1. The molecule has 1 aromatic rings. The second-order valence-corrected chi connectivity index (χ2v) is 5.60. The largest absolute Gasteiger partial charge is 0.507 e. The molecule has 1 rings (SSSR count). The van der Waals surface area contributed by atoms with E-state index in [1.165, 1.54) is 0 Å². The molecule has 0 aromatic heterocycles. The molecule has 0 aliphatic rings. The Bertz CT molecular complexity index is 478. The summed E-state index contributed by atoms with van der Waals surface area (Å²) in [7, 11) is 0. The van der Waals surface area contributed by atoms with E-state index in [0.29, 0.717) is 18.4 Å². The van der Waals surface area contributed by atoms with Gasteiger partial charge in [0.2, 0.25) is 0 Å². The van der Waals surface area contributed by atoms with Crippen LogP contribution < -0.4 is 0 Å². The van der Waals surface area contributed by atoms with Gasteiger partial charge in [-0.15, -0.1) is 0 Å². The van der Waals surface area contributed by atoms with Crippen LogP contribution in [0.25, 0.3) is 0 Å². The number of hydrogen-bond acceptors (Lipinski definition) is 4. The molecule has 1 aromatic carbocycles. The zero-order valence-electron chi connectivity index (χ0n) is 12.4. The molecule has 0 spiro atoms. The molecule has 0 radical (unpaired) electrons. The Kier molecular flexibility index (Phi) is 5.86. The van der Waals surface area contributed by atoms with Gasteiger partial charge in [0.25, 0.3) is 0 Å². The molecule has 4 heteroatoms. The van der Waals surface area contributed by atoms with Crippen molar-refractivity contribution in [1.82, 2.24) is 0 Å². The molecule has 0 amide bonds. The first-order chi connectivity index (χ1) is 9.38. The third-order valence-electron chi connectivity index (χ3n) is 3.26. The van der Waals surface area contributed by atoms with E-state index in [9.17, 15) is 20.1 Å². The van der Waals surface area contributed by atoms with Crippen LogP contribution in [0.4, 0.5) is 0 Å². The van der Waals surface area contributed by atoms with E-state index >= 15 is 0 Å². The van der Waals surface area contributed by atoms with Crippen LogP contribution in [0.15, 0.2) is 6.07 Å². The first-order valence-electron chi connectivity index (χ1n) is 7.18. The van der Waals surface area contributed by atoms with E-state index in [1.54, 1.807) is 0 Å². The number of benzene rings is 1. The molecular weight excluding hydrogens is 256 g/mol. The number of hydrogen-bond donors (Lipinski definition) is 3. The number of ketones is 1. The van der Waals surface area contributed by atoms with Crippen molar-refractivity contribution in [3.63, 3.8) is 0 Å². The Morgan fingerprint density at radius 3 is 2.35 bits per heavy atom. The van der Waals surface area contributed by atoms with Gasteiger partial charge in [0, 0.05) is 18.1 Å². The van der Waals surface area contributed by atoms with E-state index in [2.05, 4.69) is 0 Å². The number of carbonyl (C=O) groups is 1. The van der Waals surface area contributed by atoms with Gasteiger partial charge in [0.15, 0.2) is 5.78 Å². The van der Waals surface area contributed by atoms with Crippen LogP contribution in [-0.2, 0) is 6.42 Å². The van der Waals surface area contributed by atoms with Crippen molar-refractivity contribution in [2.24, 2.45) is 5.92 Å². The van der Waals surface area contributed by atoms with E-state index in [-0.39, 0.29) is 34.5 Å². The van der Waals surface area contributed by atoms with Gasteiger partial charge in [-0.2, -0.15) is 0 Å². The number of Topliss-reactive ketones (excluding diaryl/α,β-unsaturated/α-hetero) is 1. The van der Waals surface area contributed by atoms with E-state index in [1.807, 2.05) is 20.8 Å². The maximum Gasteiger partial charge on any atom is 0.170 e. The fourth-order valence-electron chi connectivity index (χ4n) is 2.23. The minimum absolute atomic E-state index is 0.0606. The molecular formula is C16H24O4. The van der Waals surface area contributed by atoms with Crippen LogP contribution in [0.2, 0.25) is 0 Å². The smallest absolute Gasteiger partial charge is 0.170 e. The third-order valence-corrected chi connectivity index (χ3v) is 3.26. The van der Waals surface area contributed by atoms with Crippen molar-refractivity contribution in [1.29, 1.82) is 0 Å². The van der Waals surface area contributed by atoms with Crippen molar-refractivity contribution < 1.29 is 20.1 Å². The lowest BCUT2D eigenvalue weighted by Crippen LogP contribution is -2.04. The predicted octanol–water partition coefficient (Wildman–Crippen LogP) is 3.76. The lowest BCUT2D eigenvalue weighted by Gasteiger charge is -2.14. The summed E-state index contributed by atoms with van der Waals surface area (Å²) in [6.45, 7) is 5.95. The second-order valence-electron chi connectivity index (χ2n) is 5.60. The van der Waals surface area contributed by atoms with Gasteiger partial charge < -0.3 is 15.3 Å². The minimum atomic E-state index is -0.353. The highest BCUT2D eigenvalue weighted by molar-refractivity contribution is 6.01. The Morgan fingerprint density at radius 1 is 1.15 bits per heavy atom. The van der Waals surface area contributed by atoms with Crippen molar-refractivity contribution in [2.75, 3.05) is 0 Å². The molecule has 20 heavy (non-hydrogen) atoms. The van der Waals surface area contributed by atoms with Gasteiger partial charge in [-0.05, 0) is 18.8 Å². The maximum absolute atomic E-state index is 12.1. The summed E-state index contributed by atoms with van der Waals surface area (Å²) in [5, 5.41) is 29.8. The van der Waals surface area contributed by atoms with Crippen LogP contribution in [0.1, 0.15) is 62.4 Å². The molecule has 0 fully saturated rings. The number of aromatic hydroxyl groups is 3. The van der Waals surface area contributed by atoms with Gasteiger partial charge >= 0.3 is 0 Å². The summed E-state index contributed by atoms with van der Waals surface area (Å²) >= 11 is 0. The summed E-state index contributed by atoms with van der Waals surface area (Å²) < 4.78 is 0. The van der Waals surface area contributed by atoms with Crippen molar-refractivity contribution >= 4 is 5.78 Å². The van der Waals surface area contributed by atoms with Crippen LogP contribution >= 0.6 is 0 Å². The number of unbranched alkanes of at least 4 members (excludes halogenated alkanes) is 2. The lowest BCUT2D eigenvalue weighted by molar-refractivity contribution is 0.0973. The summed E-state index contributed by atoms with van der Waals surface area (Å²) in [5.41, 5.74) is 0.270. The van der Waals surface area contributed by atoms with Gasteiger partial charge in [-0.1, -0.05) is 33.6 Å². The molecule has 0 saturated heterocycles. The lowest BCUT2D eigenvalue weighted by atomic mass is 9.94. The molecule has 0 unspecified atom stereocenters. The topological polar surface area (TPSA) is 77.8 Å². The van der Waals surface area contributed by atoms with Gasteiger partial charge in [-0.25, -0.2) is 0 Å². The normalized spacial score (nSPS) is 11.0. The highest BCUT2D eigenvalue weighted by Gasteiger charge is 2.22. The molecule has 0 atom stereocenters. The van der Waals surface area contributed by atoms with Crippen molar-refractivity contribution in [2.45, 2.75) is 52.9 Å². The summed E-state index contributed by atoms with van der Waals surface area (Å²) in [5.74, 6) is -0.858. The van der Waals surface area contributed by atoms with Crippen molar-refractivity contribution in [3.05, 3.63) is 17.2 Å². The Balaban J connectivity index is 3.09. The standard InChI is InChI=1S/C16H24O4/c1-4-5-6-7-12(17)15-14(19)9-13(18)11(16(15)20)8-10(2)3/h9-10,18-20H,4-8H2,1-3H3. The van der Waals surface area contributed by atoms with Crippen LogP contribution in [0, 0.1) is 5.92 Å². The van der Waals surface area contributed by atoms with E-state index in [4.69, 9.17) is 0 Å². The number of phenols is 3. The number of phenolic OH excluding ortho intramolecular Hbond substituents is 3. The SMILES string of the molecule is CCCCCC(=O)c1c(O)cc(O)c(CC(C)C)c1O. The first kappa shape index (κ1) is 16.3. The quantitative estimate of drug-likeness (QED) is 0.525. The average Bonchev–Trinajstić information content (AvgIpc) is 2.34. The fraction of sp³-hybridized carbons (Fsp3) is 0.562. The van der Waals surface area contributed by atoms with Crippen LogP contribution in [-0.4, -0.2) is 21.1 Å². The molecule has 0 aliphatic heterocycles. The fourth-order valence-corrected chi connectivity index (χ4v) is 2.23. The number of carbonyl (C=O) groups excluding carboxylic acids is 1. The monoisotopic (exact) mass is 280 g/mol. The molecule has 0 bridgehead atoms. The third kappa shape index (κ3) is 3.89. The molecule has 0 aliphatic carbocycles. The minimum Gasteiger partial charge on any atom is -0.507 e. The van der Waals surface area contributed by atoms with Crippen molar-refractivity contribution in [3.8, 4) is 17.2 Å². The summed E-state index contributed by atoms with van der Waals surface area (Å²) in [4.78, 5) is 12.1.